The van der Waals surface area contributed by atoms with Crippen LogP contribution in [0.4, 0.5) is 0 Å². The van der Waals surface area contributed by atoms with Gasteiger partial charge in [-0.3, -0.25) is 4.79 Å². The van der Waals surface area contributed by atoms with Gasteiger partial charge in [-0.2, -0.15) is 0 Å². The summed E-state index contributed by atoms with van der Waals surface area (Å²) in [6.07, 6.45) is 0. The van der Waals surface area contributed by atoms with Gasteiger partial charge < -0.3 is 4.74 Å². The lowest BCUT2D eigenvalue weighted by molar-refractivity contribution is 0.103. The maximum absolute atomic E-state index is 12.4. The number of benzene rings is 1. The van der Waals surface area contributed by atoms with Gasteiger partial charge in [-0.05, 0) is 46.4 Å². The van der Waals surface area contributed by atoms with Gasteiger partial charge in [-0.25, -0.2) is 0 Å². The van der Waals surface area contributed by atoms with E-state index < -0.39 is 0 Å². The fraction of sp³-hybridized carbons (Fsp3) is 0.154. The summed E-state index contributed by atoms with van der Waals surface area (Å²) >= 11 is 4.80. The molecule has 0 atom stereocenters. The molecule has 0 aliphatic heterocycles. The Labute approximate surface area is 112 Å². The number of thiophene rings is 1. The Morgan fingerprint density at radius 2 is 2.12 bits per heavy atom. The molecule has 0 unspecified atom stereocenters. The molecule has 4 heteroatoms. The summed E-state index contributed by atoms with van der Waals surface area (Å²) < 4.78 is 6.06. The largest absolute Gasteiger partial charge is 0.496 e. The van der Waals surface area contributed by atoms with E-state index in [9.17, 15) is 4.79 Å². The Balaban J connectivity index is 2.50. The van der Waals surface area contributed by atoms with E-state index in [2.05, 4.69) is 15.9 Å². The van der Waals surface area contributed by atoms with Gasteiger partial charge in [0.2, 0.25) is 5.78 Å². The van der Waals surface area contributed by atoms with E-state index in [1.807, 2.05) is 36.6 Å². The van der Waals surface area contributed by atoms with Crippen molar-refractivity contribution in [3.8, 4) is 5.75 Å². The molecule has 0 saturated heterocycles. The second-order valence-electron chi connectivity index (χ2n) is 3.63. The number of carbonyl (C=O) groups is 1. The quantitative estimate of drug-likeness (QED) is 0.799. The Morgan fingerprint density at radius 3 is 2.71 bits per heavy atom. The molecule has 0 saturated carbocycles. The van der Waals surface area contributed by atoms with Crippen molar-refractivity contribution in [1.82, 2.24) is 0 Å². The van der Waals surface area contributed by atoms with Crippen LogP contribution in [0.5, 0.6) is 5.75 Å². The fourth-order valence-corrected chi connectivity index (χ4v) is 3.08. The molecule has 88 valence electrons. The molecule has 1 heterocycles. The minimum absolute atomic E-state index is 0.00701. The number of hydrogen-bond donors (Lipinski definition) is 0. The van der Waals surface area contributed by atoms with E-state index in [1.54, 1.807) is 7.11 Å². The molecule has 1 aromatic carbocycles. The maximum Gasteiger partial charge on any atom is 0.207 e. The van der Waals surface area contributed by atoms with E-state index >= 15 is 0 Å². The van der Waals surface area contributed by atoms with Crippen molar-refractivity contribution >= 4 is 33.0 Å². The zero-order chi connectivity index (χ0) is 12.4. The van der Waals surface area contributed by atoms with Crippen LogP contribution in [-0.4, -0.2) is 12.9 Å². The first-order valence-electron chi connectivity index (χ1n) is 5.06. The van der Waals surface area contributed by atoms with Crippen molar-refractivity contribution in [2.24, 2.45) is 0 Å². The number of aryl methyl sites for hydroxylation is 1. The highest BCUT2D eigenvalue weighted by Gasteiger charge is 2.18. The smallest absolute Gasteiger partial charge is 0.207 e. The van der Waals surface area contributed by atoms with Crippen molar-refractivity contribution in [3.05, 3.63) is 50.1 Å². The molecule has 0 N–H and O–H groups in total. The summed E-state index contributed by atoms with van der Waals surface area (Å²) in [6.45, 7) is 1.96. The lowest BCUT2D eigenvalue weighted by Crippen LogP contribution is -2.03. The van der Waals surface area contributed by atoms with Crippen LogP contribution in [0.15, 0.2) is 34.1 Å². The number of rotatable bonds is 3. The highest BCUT2D eigenvalue weighted by Crippen LogP contribution is 2.29. The van der Waals surface area contributed by atoms with E-state index in [-0.39, 0.29) is 5.78 Å². The van der Waals surface area contributed by atoms with Crippen LogP contribution >= 0.6 is 27.3 Å². The van der Waals surface area contributed by atoms with Crippen LogP contribution in [0.25, 0.3) is 0 Å². The second-order valence-corrected chi connectivity index (χ2v) is 5.40. The van der Waals surface area contributed by atoms with Crippen molar-refractivity contribution in [2.45, 2.75) is 6.92 Å². The summed E-state index contributed by atoms with van der Waals surface area (Å²) in [5, 5.41) is 1.89. The summed E-state index contributed by atoms with van der Waals surface area (Å²) in [7, 11) is 1.57. The Kier molecular flexibility index (Phi) is 3.64. The van der Waals surface area contributed by atoms with E-state index in [1.165, 1.54) is 11.3 Å². The molecule has 1 aromatic heterocycles. The minimum atomic E-state index is -0.00701. The first kappa shape index (κ1) is 12.3. The molecule has 0 bridgehead atoms. The third-order valence-electron chi connectivity index (χ3n) is 2.42. The number of halogens is 1. The number of carbonyl (C=O) groups excluding carboxylic acids is 1. The predicted octanol–water partition coefficient (Wildman–Crippen LogP) is 4.06. The summed E-state index contributed by atoms with van der Waals surface area (Å²) in [5.41, 5.74) is 1.65. The van der Waals surface area contributed by atoms with Gasteiger partial charge in [-0.15, -0.1) is 11.3 Å². The summed E-state index contributed by atoms with van der Waals surface area (Å²) in [5.74, 6) is 0.605. The molecule has 2 nitrogen and oxygen atoms in total. The van der Waals surface area contributed by atoms with Gasteiger partial charge in [0.15, 0.2) is 0 Å². The molecule has 2 rings (SSSR count). The second kappa shape index (κ2) is 5.02. The Morgan fingerprint density at radius 1 is 1.35 bits per heavy atom. The van der Waals surface area contributed by atoms with Gasteiger partial charge in [0.1, 0.15) is 5.75 Å². The van der Waals surface area contributed by atoms with Crippen molar-refractivity contribution < 1.29 is 9.53 Å². The molecule has 0 radical (unpaired) electrons. The van der Waals surface area contributed by atoms with Crippen LogP contribution in [-0.2, 0) is 0 Å². The Bertz CT molecular complexity index is 560. The Hall–Kier alpha value is -1.13. The summed E-state index contributed by atoms with van der Waals surface area (Å²) in [6, 6.07) is 7.48. The molecule has 17 heavy (non-hydrogen) atoms. The van der Waals surface area contributed by atoms with E-state index in [0.29, 0.717) is 16.2 Å². The monoisotopic (exact) mass is 310 g/mol. The molecule has 0 spiro atoms. The molecular formula is C13H11BrO2S. The maximum atomic E-state index is 12.4. The SMILES string of the molecule is COc1ccc(C)cc1C(=O)c1sccc1Br. The van der Waals surface area contributed by atoms with Crippen LogP contribution in [0.1, 0.15) is 20.8 Å². The van der Waals surface area contributed by atoms with E-state index in [4.69, 9.17) is 4.74 Å². The number of methoxy groups -OCH3 is 1. The molecule has 0 aliphatic carbocycles. The number of ketones is 1. The first-order chi connectivity index (χ1) is 8.13. The van der Waals surface area contributed by atoms with Crippen LogP contribution in [0, 0.1) is 6.92 Å². The van der Waals surface area contributed by atoms with Crippen molar-refractivity contribution in [3.63, 3.8) is 0 Å². The van der Waals surface area contributed by atoms with Crippen molar-refractivity contribution in [1.29, 1.82) is 0 Å². The average Bonchev–Trinajstić information content (AvgIpc) is 2.74. The zero-order valence-corrected chi connectivity index (χ0v) is 11.9. The number of hydrogen-bond acceptors (Lipinski definition) is 3. The standard InChI is InChI=1S/C13H11BrO2S/c1-8-3-4-11(16-2)9(7-8)12(15)13-10(14)5-6-17-13/h3-7H,1-2H3. The van der Waals surface area contributed by atoms with Crippen LogP contribution in [0.3, 0.4) is 0 Å². The van der Waals surface area contributed by atoms with Gasteiger partial charge in [0.05, 0.1) is 17.6 Å². The van der Waals surface area contributed by atoms with Crippen LogP contribution < -0.4 is 4.74 Å². The normalized spacial score (nSPS) is 10.3. The number of ether oxygens (including phenoxy) is 1. The lowest BCUT2D eigenvalue weighted by Gasteiger charge is -2.07. The highest BCUT2D eigenvalue weighted by atomic mass is 79.9. The summed E-state index contributed by atoms with van der Waals surface area (Å²) in [4.78, 5) is 13.1. The van der Waals surface area contributed by atoms with Crippen molar-refractivity contribution in [2.75, 3.05) is 7.11 Å². The highest BCUT2D eigenvalue weighted by molar-refractivity contribution is 9.10. The third kappa shape index (κ3) is 2.42. The lowest BCUT2D eigenvalue weighted by atomic mass is 10.1. The van der Waals surface area contributed by atoms with E-state index in [0.717, 1.165) is 10.0 Å². The fourth-order valence-electron chi connectivity index (χ4n) is 1.58. The van der Waals surface area contributed by atoms with Gasteiger partial charge in [-0.1, -0.05) is 11.6 Å². The average molecular weight is 311 g/mol. The predicted molar refractivity (Wildman–Crippen MR) is 73.2 cm³/mol. The van der Waals surface area contributed by atoms with Gasteiger partial charge in [0.25, 0.3) is 0 Å². The third-order valence-corrected chi connectivity index (χ3v) is 4.26. The first-order valence-corrected chi connectivity index (χ1v) is 6.73. The van der Waals surface area contributed by atoms with Crippen LogP contribution in [0.2, 0.25) is 0 Å². The zero-order valence-electron chi connectivity index (χ0n) is 9.49. The molecule has 0 amide bonds. The molecule has 2 aromatic rings. The minimum Gasteiger partial charge on any atom is -0.496 e. The molecule has 0 aliphatic rings. The van der Waals surface area contributed by atoms with Gasteiger partial charge in [0, 0.05) is 4.47 Å². The molecular weight excluding hydrogens is 300 g/mol. The topological polar surface area (TPSA) is 26.3 Å². The molecule has 0 fully saturated rings. The van der Waals surface area contributed by atoms with Gasteiger partial charge >= 0.3 is 0 Å².